The van der Waals surface area contributed by atoms with Gasteiger partial charge in [0.25, 0.3) is 0 Å². The van der Waals surface area contributed by atoms with Crippen molar-refractivity contribution >= 4 is 52.3 Å². The van der Waals surface area contributed by atoms with E-state index in [9.17, 15) is 4.79 Å². The largest absolute Gasteiger partial charge is 0.465 e. The van der Waals surface area contributed by atoms with E-state index in [1.807, 2.05) is 54.6 Å². The van der Waals surface area contributed by atoms with Crippen molar-refractivity contribution < 1.29 is 29.0 Å². The van der Waals surface area contributed by atoms with Crippen LogP contribution < -0.4 is 0 Å². The number of carbonyl (C=O) groups is 1. The molecule has 0 unspecified atom stereocenters. The monoisotopic (exact) mass is 736 g/mol. The Bertz CT molecular complexity index is 2680. The third kappa shape index (κ3) is 6.26. The van der Waals surface area contributed by atoms with E-state index in [-0.39, 0.29) is 25.4 Å². The maximum atomic E-state index is 12.4. The molecule has 0 saturated heterocycles. The van der Waals surface area contributed by atoms with Crippen molar-refractivity contribution in [1.82, 2.24) is 19.9 Å². The fourth-order valence-electron chi connectivity index (χ4n) is 7.13. The van der Waals surface area contributed by atoms with Crippen LogP contribution in [0.25, 0.3) is 90.9 Å². The minimum atomic E-state index is -0.380. The normalized spacial score (nSPS) is 11.6. The number of nitrogens with zero attached hydrogens (tertiary/aromatic N) is 2. The number of hydrogen-bond acceptors (Lipinski definition) is 4. The van der Waals surface area contributed by atoms with Crippen molar-refractivity contribution in [1.29, 1.82) is 0 Å². The number of carbonyl (C=O) groups excluding carboxylic acids is 1. The maximum absolute atomic E-state index is 12.4. The number of aromatic nitrogens is 4. The molecule has 2 N–H and O–H groups in total. The van der Waals surface area contributed by atoms with Crippen LogP contribution in [0.5, 0.6) is 0 Å². The molecule has 0 radical (unpaired) electrons. The van der Waals surface area contributed by atoms with Crippen molar-refractivity contribution in [3.63, 3.8) is 0 Å². The van der Waals surface area contributed by atoms with Gasteiger partial charge in [-0.1, -0.05) is 103 Å². The molecular weight excluding hydrogens is 706 g/mol. The SMILES string of the molecule is COC(=O)c1ccc(-c2c3nc(c(-c4ccccc4)c4ccc([nH]4)c(-c4ccccc4)c4nc(c(-c5ccccc5)c5ccc2[nH]5)C=C4)C=C3)cc1.[Zn]. The quantitative estimate of drug-likeness (QED) is 0.136. The van der Waals surface area contributed by atoms with Gasteiger partial charge in [0, 0.05) is 63.8 Å². The molecule has 0 spiro atoms. The van der Waals surface area contributed by atoms with E-state index >= 15 is 0 Å². The number of nitrogens with one attached hydrogen (secondary N) is 2. The summed E-state index contributed by atoms with van der Waals surface area (Å²) in [6.07, 6.45) is 8.36. The van der Waals surface area contributed by atoms with E-state index in [2.05, 4.69) is 107 Å². The average molecular weight is 738 g/mol. The van der Waals surface area contributed by atoms with Gasteiger partial charge in [-0.2, -0.15) is 0 Å². The van der Waals surface area contributed by atoms with E-state index in [0.29, 0.717) is 5.56 Å². The fraction of sp³-hybridized carbons (Fsp3) is 0.0217. The molecule has 250 valence electrons. The molecule has 7 heteroatoms. The zero-order valence-corrected chi connectivity index (χ0v) is 32.0. The van der Waals surface area contributed by atoms with Gasteiger partial charge in [0.2, 0.25) is 0 Å². The molecule has 0 fully saturated rings. The van der Waals surface area contributed by atoms with Crippen molar-refractivity contribution in [2.45, 2.75) is 0 Å². The first-order valence-corrected chi connectivity index (χ1v) is 17.2. The second-order valence-corrected chi connectivity index (χ2v) is 12.7. The van der Waals surface area contributed by atoms with Crippen LogP contribution in [0.2, 0.25) is 0 Å². The Kier molecular flexibility index (Phi) is 9.09. The van der Waals surface area contributed by atoms with Gasteiger partial charge in [0.05, 0.1) is 35.4 Å². The molecule has 9 rings (SSSR count). The van der Waals surface area contributed by atoms with Crippen LogP contribution in [0.15, 0.2) is 140 Å². The van der Waals surface area contributed by atoms with Gasteiger partial charge >= 0.3 is 5.97 Å². The second kappa shape index (κ2) is 14.3. The Morgan fingerprint density at radius 1 is 0.434 bits per heavy atom. The molecule has 5 heterocycles. The number of H-pyrrole nitrogens is 2. The molecule has 0 saturated carbocycles. The van der Waals surface area contributed by atoms with Crippen molar-refractivity contribution in [3.05, 3.63) is 168 Å². The molecule has 53 heavy (non-hydrogen) atoms. The number of aromatic amines is 2. The zero-order chi connectivity index (χ0) is 35.0. The van der Waals surface area contributed by atoms with E-state index in [4.69, 9.17) is 14.7 Å². The summed E-state index contributed by atoms with van der Waals surface area (Å²) in [5.41, 5.74) is 15.5. The van der Waals surface area contributed by atoms with Gasteiger partial charge in [0.15, 0.2) is 0 Å². The van der Waals surface area contributed by atoms with E-state index < -0.39 is 0 Å². The summed E-state index contributed by atoms with van der Waals surface area (Å²) in [5.74, 6) is -0.380. The minimum Gasteiger partial charge on any atom is -0.465 e. The van der Waals surface area contributed by atoms with Crippen LogP contribution in [0, 0.1) is 0 Å². The predicted molar refractivity (Wildman–Crippen MR) is 212 cm³/mol. The standard InChI is InChI=1S/C46H32N4O2.Zn/c1-52-46(51)33-19-17-32(18-20-33)45-40-27-25-38(49-40)43(30-13-7-3-8-14-30)36-23-21-34(47-36)42(29-11-5-2-6-12-29)35-22-24-37(48-35)44(31-15-9-4-10-16-31)39-26-28-41(45)50-39;/h2-28,47,50H,1H3;. The first-order chi connectivity index (χ1) is 25.6. The molecule has 8 bridgehead atoms. The summed E-state index contributed by atoms with van der Waals surface area (Å²) in [6, 6.07) is 47.1. The number of hydrogen-bond donors (Lipinski definition) is 2. The van der Waals surface area contributed by atoms with Crippen LogP contribution in [-0.4, -0.2) is 33.0 Å². The molecule has 0 aliphatic carbocycles. The third-order valence-electron chi connectivity index (χ3n) is 9.54. The van der Waals surface area contributed by atoms with E-state index in [1.165, 1.54) is 7.11 Å². The summed E-state index contributed by atoms with van der Waals surface area (Å²) in [4.78, 5) is 30.6. The van der Waals surface area contributed by atoms with Crippen LogP contribution in [0.3, 0.4) is 0 Å². The Morgan fingerprint density at radius 2 is 0.736 bits per heavy atom. The molecule has 0 atom stereocenters. The van der Waals surface area contributed by atoms with Crippen molar-refractivity contribution in [3.8, 4) is 44.5 Å². The van der Waals surface area contributed by atoms with Crippen molar-refractivity contribution in [2.75, 3.05) is 7.11 Å². The van der Waals surface area contributed by atoms with Gasteiger partial charge in [-0.3, -0.25) is 0 Å². The predicted octanol–water partition coefficient (Wildman–Crippen LogP) is 11.1. The Balaban J connectivity index is 0.00000400. The average Bonchev–Trinajstić information content (AvgIpc) is 4.04. The Morgan fingerprint density at radius 3 is 1.04 bits per heavy atom. The maximum Gasteiger partial charge on any atom is 0.337 e. The molecule has 4 aromatic carbocycles. The first-order valence-electron chi connectivity index (χ1n) is 17.2. The smallest absolute Gasteiger partial charge is 0.337 e. The Hall–Kier alpha value is -6.43. The van der Waals surface area contributed by atoms with Crippen LogP contribution >= 0.6 is 0 Å². The van der Waals surface area contributed by atoms with E-state index in [1.54, 1.807) is 12.1 Å². The minimum absolute atomic E-state index is 0. The van der Waals surface area contributed by atoms with Gasteiger partial charge in [-0.15, -0.1) is 0 Å². The van der Waals surface area contributed by atoms with E-state index in [0.717, 1.165) is 89.4 Å². The summed E-state index contributed by atoms with van der Waals surface area (Å²) in [7, 11) is 1.39. The van der Waals surface area contributed by atoms with Crippen molar-refractivity contribution in [2.24, 2.45) is 0 Å². The molecule has 0 amide bonds. The number of benzene rings is 4. The van der Waals surface area contributed by atoms with Crippen LogP contribution in [0.4, 0.5) is 0 Å². The molecule has 3 aromatic heterocycles. The Labute approximate surface area is 319 Å². The zero-order valence-electron chi connectivity index (χ0n) is 29.0. The molecule has 2 aliphatic heterocycles. The topological polar surface area (TPSA) is 83.7 Å². The van der Waals surface area contributed by atoms with Gasteiger partial charge in [-0.05, 0) is 83.0 Å². The number of esters is 1. The number of rotatable bonds is 5. The number of ether oxygens (including phenoxy) is 1. The van der Waals surface area contributed by atoms with Crippen LogP contribution in [0.1, 0.15) is 33.1 Å². The van der Waals surface area contributed by atoms with Crippen LogP contribution in [-0.2, 0) is 24.2 Å². The summed E-state index contributed by atoms with van der Waals surface area (Å²) in [6.45, 7) is 0. The number of methoxy groups -OCH3 is 1. The van der Waals surface area contributed by atoms with Gasteiger partial charge in [0.1, 0.15) is 0 Å². The summed E-state index contributed by atoms with van der Waals surface area (Å²) < 4.78 is 4.98. The second-order valence-electron chi connectivity index (χ2n) is 12.7. The molecular formula is C46H32N4O2Zn. The first kappa shape index (κ1) is 33.7. The molecule has 7 aromatic rings. The summed E-state index contributed by atoms with van der Waals surface area (Å²) in [5, 5.41) is 0. The number of fused-ring (bicyclic) bond motifs is 8. The summed E-state index contributed by atoms with van der Waals surface area (Å²) >= 11 is 0. The molecule has 6 nitrogen and oxygen atoms in total. The third-order valence-corrected chi connectivity index (χ3v) is 9.54. The molecule has 2 aliphatic rings. The van der Waals surface area contributed by atoms with Gasteiger partial charge in [-0.25, -0.2) is 14.8 Å². The fourth-order valence-corrected chi connectivity index (χ4v) is 7.13. The van der Waals surface area contributed by atoms with Gasteiger partial charge < -0.3 is 14.7 Å².